The molecule has 0 spiro atoms. The van der Waals surface area contributed by atoms with Crippen LogP contribution in [0.2, 0.25) is 0 Å². The van der Waals surface area contributed by atoms with Gasteiger partial charge in [0.1, 0.15) is 24.4 Å². The van der Waals surface area contributed by atoms with E-state index in [0.717, 1.165) is 28.5 Å². The van der Waals surface area contributed by atoms with Gasteiger partial charge in [0.2, 0.25) is 0 Å². The summed E-state index contributed by atoms with van der Waals surface area (Å²) in [5.41, 5.74) is 3.77. The average Bonchev–Trinajstić information content (AvgIpc) is 3.01. The van der Waals surface area contributed by atoms with Crippen LogP contribution in [-0.2, 0) is 50.2 Å². The van der Waals surface area contributed by atoms with E-state index in [4.69, 9.17) is 18.9 Å². The van der Waals surface area contributed by atoms with Crippen molar-refractivity contribution in [1.82, 2.24) is 0 Å². The third-order valence-corrected chi connectivity index (χ3v) is 6.42. The number of aldehydes is 1. The zero-order valence-corrected chi connectivity index (χ0v) is 22.5. The number of hydrogen-bond donors (Lipinski definition) is 1. The van der Waals surface area contributed by atoms with Crippen LogP contribution in [0.25, 0.3) is 0 Å². The number of carbonyl (C=O) groups excluding carboxylic acids is 1. The Morgan fingerprint density at radius 1 is 0.525 bits per heavy atom. The molecule has 0 radical (unpaired) electrons. The van der Waals surface area contributed by atoms with Gasteiger partial charge in [-0.1, -0.05) is 121 Å². The van der Waals surface area contributed by atoms with Gasteiger partial charge in [0.05, 0.1) is 33.0 Å². The van der Waals surface area contributed by atoms with Crippen LogP contribution in [0.5, 0.6) is 0 Å². The fourth-order valence-corrected chi connectivity index (χ4v) is 4.28. The molecule has 0 saturated heterocycles. The minimum atomic E-state index is -1.09. The van der Waals surface area contributed by atoms with Gasteiger partial charge in [0.15, 0.2) is 6.29 Å². The fraction of sp³-hybridized carbons (Fsp3) is 0.265. The first-order chi connectivity index (χ1) is 19.7. The van der Waals surface area contributed by atoms with Crippen LogP contribution in [-0.4, -0.2) is 42.4 Å². The molecule has 0 aliphatic carbocycles. The lowest BCUT2D eigenvalue weighted by atomic mass is 10.0. The van der Waals surface area contributed by atoms with Crippen molar-refractivity contribution in [2.24, 2.45) is 0 Å². The van der Waals surface area contributed by atoms with Crippen molar-refractivity contribution < 1.29 is 28.8 Å². The van der Waals surface area contributed by atoms with Gasteiger partial charge in [0, 0.05) is 0 Å². The molecule has 0 saturated carbocycles. The molecule has 6 heteroatoms. The third-order valence-electron chi connectivity index (χ3n) is 6.42. The molecule has 4 unspecified atom stereocenters. The minimum absolute atomic E-state index is 0.0101. The molecule has 0 fully saturated rings. The van der Waals surface area contributed by atoms with Crippen LogP contribution >= 0.6 is 0 Å². The lowest BCUT2D eigenvalue weighted by Crippen LogP contribution is -2.50. The Kier molecular flexibility index (Phi) is 12.1. The second-order valence-electron chi connectivity index (χ2n) is 9.49. The maximum atomic E-state index is 12.4. The van der Waals surface area contributed by atoms with Gasteiger partial charge in [0.25, 0.3) is 0 Å². The Balaban J connectivity index is 1.53. The molecule has 0 heterocycles. The van der Waals surface area contributed by atoms with Gasteiger partial charge in [-0.3, -0.25) is 0 Å². The number of hydrogen-bond acceptors (Lipinski definition) is 6. The maximum absolute atomic E-state index is 12.4. The van der Waals surface area contributed by atoms with E-state index >= 15 is 0 Å². The van der Waals surface area contributed by atoms with Crippen molar-refractivity contribution in [3.63, 3.8) is 0 Å². The molecule has 6 nitrogen and oxygen atoms in total. The van der Waals surface area contributed by atoms with Crippen molar-refractivity contribution in [3.05, 3.63) is 144 Å². The quantitative estimate of drug-likeness (QED) is 0.178. The molecule has 208 valence electrons. The van der Waals surface area contributed by atoms with Crippen molar-refractivity contribution >= 4 is 6.29 Å². The summed E-state index contributed by atoms with van der Waals surface area (Å²) in [6.45, 7) is 0.968. The van der Waals surface area contributed by atoms with Gasteiger partial charge in [-0.25, -0.2) is 0 Å². The normalized spacial score (nSPS) is 14.2. The smallest absolute Gasteiger partial charge is 0.151 e. The van der Waals surface area contributed by atoms with E-state index in [1.807, 2.05) is 121 Å². The summed E-state index contributed by atoms with van der Waals surface area (Å²) >= 11 is 0. The highest BCUT2D eigenvalue weighted by Gasteiger charge is 2.37. The van der Waals surface area contributed by atoms with Crippen molar-refractivity contribution in [2.45, 2.75) is 50.8 Å². The summed E-state index contributed by atoms with van der Waals surface area (Å²) in [7, 11) is 0. The Bertz CT molecular complexity index is 1220. The largest absolute Gasteiger partial charge is 0.388 e. The monoisotopic (exact) mass is 540 g/mol. The molecule has 0 aliphatic rings. The van der Waals surface area contributed by atoms with Gasteiger partial charge < -0.3 is 28.8 Å². The van der Waals surface area contributed by atoms with E-state index < -0.39 is 24.4 Å². The van der Waals surface area contributed by atoms with Gasteiger partial charge in [-0.15, -0.1) is 0 Å². The molecule has 4 atom stereocenters. The van der Waals surface area contributed by atoms with E-state index in [-0.39, 0.29) is 26.4 Å². The van der Waals surface area contributed by atoms with Gasteiger partial charge in [-0.2, -0.15) is 0 Å². The van der Waals surface area contributed by atoms with Crippen molar-refractivity contribution in [3.8, 4) is 0 Å². The number of carbonyl (C=O) groups is 1. The molecule has 0 bridgehead atoms. The zero-order valence-electron chi connectivity index (χ0n) is 22.5. The lowest BCUT2D eigenvalue weighted by Gasteiger charge is -2.34. The van der Waals surface area contributed by atoms with Crippen LogP contribution in [0.1, 0.15) is 22.3 Å². The summed E-state index contributed by atoms with van der Waals surface area (Å²) < 4.78 is 24.5. The van der Waals surface area contributed by atoms with E-state index in [0.29, 0.717) is 6.61 Å². The van der Waals surface area contributed by atoms with Gasteiger partial charge >= 0.3 is 0 Å². The molecule has 40 heavy (non-hydrogen) atoms. The molecule has 1 N–H and O–H groups in total. The lowest BCUT2D eigenvalue weighted by molar-refractivity contribution is -0.185. The second kappa shape index (κ2) is 16.5. The van der Waals surface area contributed by atoms with Crippen LogP contribution < -0.4 is 0 Å². The molecule has 4 aromatic rings. The standard InChI is InChI=1S/C34H36O6/c35-21-32(38-23-28-15-7-2-8-16-28)34(40-25-30-19-11-4-12-20-30)33(39-24-29-17-9-3-10-18-29)31(36)26-37-22-27-13-5-1-6-14-27/h1-21,31-34,36H,22-26H2. The van der Waals surface area contributed by atoms with E-state index in [1.165, 1.54) is 0 Å². The molecular weight excluding hydrogens is 504 g/mol. The number of benzene rings is 4. The molecule has 0 aliphatic heterocycles. The summed E-state index contributed by atoms with van der Waals surface area (Å²) in [5.74, 6) is 0. The summed E-state index contributed by atoms with van der Waals surface area (Å²) in [6.07, 6.45) is -3.18. The Labute approximate surface area is 236 Å². The number of rotatable bonds is 17. The average molecular weight is 541 g/mol. The maximum Gasteiger partial charge on any atom is 0.151 e. The Morgan fingerprint density at radius 3 is 1.32 bits per heavy atom. The van der Waals surface area contributed by atoms with E-state index in [1.54, 1.807) is 0 Å². The number of aliphatic hydroxyl groups is 1. The van der Waals surface area contributed by atoms with Crippen molar-refractivity contribution in [2.75, 3.05) is 6.61 Å². The minimum Gasteiger partial charge on any atom is -0.388 e. The SMILES string of the molecule is O=CC(OCc1ccccc1)C(OCc1ccccc1)C(OCc1ccccc1)C(O)COCc1ccccc1. The molecule has 4 rings (SSSR count). The molecule has 0 aromatic heterocycles. The zero-order chi connectivity index (χ0) is 27.8. The predicted molar refractivity (Wildman–Crippen MR) is 153 cm³/mol. The van der Waals surface area contributed by atoms with Crippen molar-refractivity contribution in [1.29, 1.82) is 0 Å². The first kappa shape index (κ1) is 29.3. The fourth-order valence-electron chi connectivity index (χ4n) is 4.28. The second-order valence-corrected chi connectivity index (χ2v) is 9.49. The van der Waals surface area contributed by atoms with E-state index in [2.05, 4.69) is 0 Å². The topological polar surface area (TPSA) is 74.2 Å². The number of aliphatic hydroxyl groups excluding tert-OH is 1. The highest BCUT2D eigenvalue weighted by Crippen LogP contribution is 2.21. The van der Waals surface area contributed by atoms with Crippen LogP contribution in [0.3, 0.4) is 0 Å². The molecular formula is C34H36O6. The third kappa shape index (κ3) is 9.52. The molecule has 0 amide bonds. The molecule has 4 aromatic carbocycles. The summed E-state index contributed by atoms with van der Waals surface area (Å²) in [6, 6.07) is 38.7. The van der Waals surface area contributed by atoms with Crippen LogP contribution in [0.15, 0.2) is 121 Å². The number of ether oxygens (including phenoxy) is 4. The highest BCUT2D eigenvalue weighted by atomic mass is 16.6. The first-order valence-corrected chi connectivity index (χ1v) is 13.4. The first-order valence-electron chi connectivity index (χ1n) is 13.4. The Morgan fingerprint density at radius 2 is 0.900 bits per heavy atom. The van der Waals surface area contributed by atoms with Crippen LogP contribution in [0.4, 0.5) is 0 Å². The predicted octanol–water partition coefficient (Wildman–Crippen LogP) is 5.52. The summed E-state index contributed by atoms with van der Waals surface area (Å²) in [5, 5.41) is 11.4. The van der Waals surface area contributed by atoms with E-state index in [9.17, 15) is 9.90 Å². The van der Waals surface area contributed by atoms with Crippen LogP contribution in [0, 0.1) is 0 Å². The summed E-state index contributed by atoms with van der Waals surface area (Å²) in [4.78, 5) is 12.4. The van der Waals surface area contributed by atoms with Gasteiger partial charge in [-0.05, 0) is 22.3 Å². The highest BCUT2D eigenvalue weighted by molar-refractivity contribution is 5.57. The Hall–Kier alpha value is -3.65.